The average molecular weight is 1480 g/mol. The molecule has 0 rings (SSSR count). The first-order valence-electron chi connectivity index (χ1n) is 33.5. The topological polar surface area (TPSA) is 503 Å². The lowest BCUT2D eigenvalue weighted by atomic mass is 10.1. The monoisotopic (exact) mass is 1480 g/mol. The minimum atomic E-state index is -1.96. The number of amides is 6. The van der Waals surface area contributed by atoms with Crippen molar-refractivity contribution in [2.75, 3.05) is 78.9 Å². The summed E-state index contributed by atoms with van der Waals surface area (Å²) in [4.78, 5) is 184. The number of rotatable bonds is 54. The van der Waals surface area contributed by atoms with Gasteiger partial charge in [0.1, 0.15) is 17.1 Å². The molecule has 0 aromatic heterocycles. The molecule has 9 N–H and O–H groups in total. The third-order valence-corrected chi connectivity index (χ3v) is 13.2. The quantitative estimate of drug-likeness (QED) is 0.0133. The van der Waals surface area contributed by atoms with Crippen molar-refractivity contribution in [3.05, 3.63) is 34.4 Å². The Morgan fingerprint density at radius 2 is 0.621 bits per heavy atom. The molecule has 0 radical (unpaired) electrons. The zero-order valence-electron chi connectivity index (χ0n) is 60.9. The summed E-state index contributed by atoms with van der Waals surface area (Å²) in [6.07, 6.45) is -7.81. The zero-order chi connectivity index (χ0) is 78.0. The van der Waals surface area contributed by atoms with Crippen molar-refractivity contribution in [1.82, 2.24) is 36.8 Å². The molecule has 0 saturated carbocycles. The van der Waals surface area contributed by atoms with Crippen molar-refractivity contribution in [2.45, 2.75) is 217 Å². The molecule has 0 aromatic rings. The molecule has 37 nitrogen and oxygen atoms in total. The Morgan fingerprint density at radius 1 is 0.330 bits per heavy atom. The van der Waals surface area contributed by atoms with Crippen LogP contribution in [0.2, 0.25) is 0 Å². The Balaban J connectivity index is 5.97. The van der Waals surface area contributed by atoms with Crippen molar-refractivity contribution >= 4 is 89.2 Å². The smallest absolute Gasteiger partial charge is 0.307 e. The number of hydrogen-bond donors (Lipinski definition) is 9. The number of esters is 9. The molecule has 0 saturated heterocycles. The summed E-state index contributed by atoms with van der Waals surface area (Å²) in [5.74, 6) is -11.6. The van der Waals surface area contributed by atoms with Crippen molar-refractivity contribution in [1.29, 1.82) is 0 Å². The van der Waals surface area contributed by atoms with E-state index >= 15 is 0 Å². The first-order chi connectivity index (χ1) is 48.5. The van der Waals surface area contributed by atoms with E-state index < -0.39 is 143 Å². The van der Waals surface area contributed by atoms with Gasteiger partial charge in [0.05, 0.1) is 39.6 Å². The molecular formula is C66H105N7O30. The van der Waals surface area contributed by atoms with Crippen LogP contribution in [0.5, 0.6) is 0 Å². The maximum absolute atomic E-state index is 13.8. The third kappa shape index (κ3) is 47.7. The average Bonchev–Trinajstić information content (AvgIpc) is 0.864. The van der Waals surface area contributed by atoms with E-state index in [1.165, 1.54) is 0 Å². The molecule has 584 valence electrons. The number of carbonyl (C=O) groups is 15. The molecule has 0 aliphatic heterocycles. The Morgan fingerprint density at radius 3 is 0.913 bits per heavy atom. The molecule has 6 amide bonds. The summed E-state index contributed by atoms with van der Waals surface area (Å²) in [5.41, 5.74) is -1.36. The summed E-state index contributed by atoms with van der Waals surface area (Å²) in [7, 11) is 0. The number of carbonyl (C=O) groups excluding carboxylic acids is 15. The summed E-state index contributed by atoms with van der Waals surface area (Å²) in [6.45, 7) is 13.6. The van der Waals surface area contributed by atoms with Gasteiger partial charge in [-0.05, 0) is 70.9 Å². The second-order valence-electron chi connectivity index (χ2n) is 22.8. The van der Waals surface area contributed by atoms with Gasteiger partial charge < -0.3 is 109 Å². The second-order valence-corrected chi connectivity index (χ2v) is 22.8. The lowest BCUT2D eigenvalue weighted by Gasteiger charge is -2.25. The highest BCUT2D eigenvalue weighted by Gasteiger charge is 2.34. The highest BCUT2D eigenvalue weighted by atomic mass is 16.6. The lowest BCUT2D eigenvalue weighted by Crippen LogP contribution is -2.37. The van der Waals surface area contributed by atoms with Crippen LogP contribution in [-0.4, -0.2) is 225 Å². The minimum Gasteiger partial charge on any atom is -0.466 e. The highest BCUT2D eigenvalue weighted by Crippen LogP contribution is 2.24. The van der Waals surface area contributed by atoms with Crippen LogP contribution < -0.4 is 31.9 Å². The minimum absolute atomic E-state index is 0.00845. The molecule has 0 aromatic carbocycles. The van der Waals surface area contributed by atoms with Gasteiger partial charge >= 0.3 is 53.7 Å². The SMILES string of the molecule is CC(=O)N/C(=C(\OC(C)=O)C(CCOC(C)=O)OC(C)=O)C(O)OCCCCC(=O)NCCCNCCCN(CCCNC(=O)CCCCOC(O)/C(NC(C)=O)=C(\OC(C)=O)C(CCOC(C)=O)OC(C)=O)C(=O)CCCCOC(O)/C(NC(C)=O)=C(\OC(C)=O)C(CCOC(C)=O)OC(C)=O. The van der Waals surface area contributed by atoms with Gasteiger partial charge in [-0.3, -0.25) is 71.9 Å². The molecule has 0 aliphatic carbocycles. The molecule has 0 fully saturated rings. The van der Waals surface area contributed by atoms with Gasteiger partial charge in [0.2, 0.25) is 35.4 Å². The number of hydrogen-bond acceptors (Lipinski definition) is 31. The second kappa shape index (κ2) is 54.7. The number of nitrogens with zero attached hydrogens (tertiary/aromatic N) is 1. The first kappa shape index (κ1) is 94.0. The standard InChI is InChI=1S/C66H105N7O30/c1-40(74)70-58(61(101-49(10)83)52(98-46(7)80)25-37-92-43(4)77)64(89)95-34-16-13-22-55(86)68-30-19-28-67-29-20-32-73(57(88)24-15-18-36-97-66(91)60(72-42(3)76)63(103-51(12)85)54(100-48(9)82)27-39-94-45(6)79)33-21-31-69-56(87)23-14-17-35-96-65(90)59(71-41(2)75)62(102-50(11)84)53(99-47(8)81)26-38-93-44(5)78/h52-54,64-67,89-91H,13-39H2,1-12H3,(H,68,86)(H,69,87)(H,70,74)(H,71,75)(H,72,76)/b61-58-,62-59+,63-60+. The molecule has 0 aliphatic rings. The number of nitrogens with one attached hydrogen (secondary N) is 6. The molecule has 6 unspecified atom stereocenters. The predicted octanol–water partition coefficient (Wildman–Crippen LogP) is 0.710. The lowest BCUT2D eigenvalue weighted by molar-refractivity contribution is -0.154. The van der Waals surface area contributed by atoms with Crippen LogP contribution in [-0.2, 0) is 129 Å². The van der Waals surface area contributed by atoms with E-state index in [-0.39, 0.29) is 148 Å². The Hall–Kier alpha value is -9.01. The van der Waals surface area contributed by atoms with Crippen molar-refractivity contribution in [3.63, 3.8) is 0 Å². The van der Waals surface area contributed by atoms with E-state index in [0.29, 0.717) is 45.3 Å². The number of aliphatic hydroxyl groups is 3. The summed E-state index contributed by atoms with van der Waals surface area (Å²) in [6, 6.07) is 0. The van der Waals surface area contributed by atoms with Crippen molar-refractivity contribution in [2.24, 2.45) is 0 Å². The molecule has 103 heavy (non-hydrogen) atoms. The molecule has 0 bridgehead atoms. The summed E-state index contributed by atoms with van der Waals surface area (Å²) < 4.78 is 63.1. The molecular weight excluding hydrogens is 1370 g/mol. The fourth-order valence-electron chi connectivity index (χ4n) is 9.06. The largest absolute Gasteiger partial charge is 0.466 e. The predicted molar refractivity (Wildman–Crippen MR) is 355 cm³/mol. The first-order valence-corrected chi connectivity index (χ1v) is 33.5. The summed E-state index contributed by atoms with van der Waals surface area (Å²) >= 11 is 0. The number of ether oxygens (including phenoxy) is 12. The van der Waals surface area contributed by atoms with Crippen LogP contribution in [0.25, 0.3) is 0 Å². The Kier molecular flexibility index (Phi) is 49.9. The van der Waals surface area contributed by atoms with Gasteiger partial charge in [0, 0.05) is 148 Å². The van der Waals surface area contributed by atoms with E-state index in [9.17, 15) is 87.2 Å². The van der Waals surface area contributed by atoms with E-state index in [2.05, 4.69) is 31.9 Å². The number of aliphatic hydroxyl groups excluding tert-OH is 3. The van der Waals surface area contributed by atoms with Gasteiger partial charge in [-0.1, -0.05) is 0 Å². The normalized spacial score (nSPS) is 13.5. The molecule has 0 spiro atoms. The highest BCUT2D eigenvalue weighted by molar-refractivity contribution is 5.79. The van der Waals surface area contributed by atoms with Crippen LogP contribution >= 0.6 is 0 Å². The van der Waals surface area contributed by atoms with Gasteiger partial charge in [-0.2, -0.15) is 0 Å². The van der Waals surface area contributed by atoms with E-state index in [4.69, 9.17) is 56.8 Å². The van der Waals surface area contributed by atoms with E-state index in [0.717, 1.165) is 83.1 Å². The fourth-order valence-corrected chi connectivity index (χ4v) is 9.06. The van der Waals surface area contributed by atoms with Gasteiger partial charge in [0.25, 0.3) is 0 Å². The molecule has 37 heteroatoms. The van der Waals surface area contributed by atoms with Crippen molar-refractivity contribution < 1.29 is 144 Å². The van der Waals surface area contributed by atoms with Gasteiger partial charge in [0.15, 0.2) is 54.5 Å². The molecule has 6 atom stereocenters. The van der Waals surface area contributed by atoms with E-state index in [1.54, 1.807) is 4.90 Å². The number of unbranched alkanes of at least 4 members (excludes halogenated alkanes) is 3. The maximum Gasteiger partial charge on any atom is 0.307 e. The van der Waals surface area contributed by atoms with Crippen LogP contribution in [0.1, 0.15) is 179 Å². The third-order valence-electron chi connectivity index (χ3n) is 13.2. The van der Waals surface area contributed by atoms with Crippen LogP contribution in [0.3, 0.4) is 0 Å². The van der Waals surface area contributed by atoms with Crippen LogP contribution in [0.15, 0.2) is 34.4 Å². The van der Waals surface area contributed by atoms with Crippen LogP contribution in [0.4, 0.5) is 0 Å². The van der Waals surface area contributed by atoms with Gasteiger partial charge in [-0.25, -0.2) is 0 Å². The van der Waals surface area contributed by atoms with Crippen LogP contribution in [0, 0.1) is 0 Å². The maximum atomic E-state index is 13.8. The fraction of sp³-hybridized carbons (Fsp3) is 0.682. The van der Waals surface area contributed by atoms with E-state index in [1.807, 2.05) is 0 Å². The Labute approximate surface area is 598 Å². The zero-order valence-corrected chi connectivity index (χ0v) is 60.9. The summed E-state index contributed by atoms with van der Waals surface area (Å²) in [5, 5.41) is 49.1. The van der Waals surface area contributed by atoms with Gasteiger partial charge in [-0.15, -0.1) is 0 Å². The molecule has 0 heterocycles. The Bertz CT molecular complexity index is 2900. The van der Waals surface area contributed by atoms with Crippen molar-refractivity contribution in [3.8, 4) is 0 Å².